The average Bonchev–Trinajstić information content (AvgIpc) is 2.19. The molecule has 0 amide bonds. The molecule has 1 aliphatic heterocycles. The van der Waals surface area contributed by atoms with Gasteiger partial charge in [0, 0.05) is 10.6 Å². The topological polar surface area (TPSA) is 23.8 Å². The molecule has 1 unspecified atom stereocenters. The summed E-state index contributed by atoms with van der Waals surface area (Å²) in [5.74, 6) is 1.01. The molecule has 1 aromatic rings. The van der Waals surface area contributed by atoms with E-state index in [0.29, 0.717) is 0 Å². The lowest BCUT2D eigenvalue weighted by Gasteiger charge is -2.27. The first-order chi connectivity index (χ1) is 6.26. The van der Waals surface area contributed by atoms with Gasteiger partial charge in [0.25, 0.3) is 0 Å². The van der Waals surface area contributed by atoms with Gasteiger partial charge in [-0.3, -0.25) is 0 Å². The van der Waals surface area contributed by atoms with Crippen molar-refractivity contribution in [1.29, 1.82) is 5.26 Å². The summed E-state index contributed by atoms with van der Waals surface area (Å²) in [6, 6.07) is 10.4. The van der Waals surface area contributed by atoms with E-state index in [0.717, 1.165) is 17.7 Å². The zero-order chi connectivity index (χ0) is 9.31. The Morgan fingerprint density at radius 3 is 3.00 bits per heavy atom. The second-order valence-corrected chi connectivity index (χ2v) is 5.50. The fourth-order valence-electron chi connectivity index (χ4n) is 1.47. The van der Waals surface area contributed by atoms with Crippen molar-refractivity contribution in [3.8, 4) is 6.07 Å². The monoisotopic (exact) mass is 253 g/mol. The molecular formula is C10H8BrNS. The lowest BCUT2D eigenvalue weighted by Crippen LogP contribution is -2.20. The molecular weight excluding hydrogens is 246 g/mol. The van der Waals surface area contributed by atoms with E-state index in [1.807, 2.05) is 30.0 Å². The standard InChI is InChI=1S/C10H8BrNS/c11-10(7-12)5-6-13-9-4-2-1-3-8(9)10/h1-4H,5-6H2. The zero-order valence-electron chi connectivity index (χ0n) is 6.96. The lowest BCUT2D eigenvalue weighted by atomic mass is 9.97. The van der Waals surface area contributed by atoms with Crippen LogP contribution >= 0.6 is 27.7 Å². The van der Waals surface area contributed by atoms with Gasteiger partial charge in [0.15, 0.2) is 0 Å². The Kier molecular flexibility index (Phi) is 2.35. The van der Waals surface area contributed by atoms with Crippen LogP contribution in [-0.4, -0.2) is 5.75 Å². The fourth-order valence-corrected chi connectivity index (χ4v) is 3.61. The summed E-state index contributed by atoms with van der Waals surface area (Å²) >= 11 is 5.34. The maximum atomic E-state index is 9.09. The number of rotatable bonds is 0. The number of halogens is 1. The van der Waals surface area contributed by atoms with E-state index in [4.69, 9.17) is 5.26 Å². The van der Waals surface area contributed by atoms with Gasteiger partial charge in [-0.1, -0.05) is 34.1 Å². The van der Waals surface area contributed by atoms with Crippen LogP contribution in [0.4, 0.5) is 0 Å². The summed E-state index contributed by atoms with van der Waals surface area (Å²) in [5.41, 5.74) is 1.12. The molecule has 0 aliphatic carbocycles. The van der Waals surface area contributed by atoms with Crippen molar-refractivity contribution in [2.45, 2.75) is 15.6 Å². The van der Waals surface area contributed by atoms with E-state index in [-0.39, 0.29) is 0 Å². The lowest BCUT2D eigenvalue weighted by molar-refractivity contribution is 0.745. The molecule has 1 aromatic carbocycles. The van der Waals surface area contributed by atoms with Gasteiger partial charge in [-0.2, -0.15) is 5.26 Å². The fraction of sp³-hybridized carbons (Fsp3) is 0.300. The summed E-state index contributed by atoms with van der Waals surface area (Å²) in [5, 5.41) is 9.09. The second kappa shape index (κ2) is 3.36. The summed E-state index contributed by atoms with van der Waals surface area (Å²) in [4.78, 5) is 1.23. The summed E-state index contributed by atoms with van der Waals surface area (Å²) in [6.45, 7) is 0. The third kappa shape index (κ3) is 1.49. The van der Waals surface area contributed by atoms with Crippen LogP contribution in [0.25, 0.3) is 0 Å². The van der Waals surface area contributed by atoms with Gasteiger partial charge in [-0.25, -0.2) is 0 Å². The van der Waals surface area contributed by atoms with Gasteiger partial charge in [0.05, 0.1) is 6.07 Å². The Bertz CT molecular complexity index is 371. The van der Waals surface area contributed by atoms with Crippen molar-refractivity contribution in [3.63, 3.8) is 0 Å². The molecule has 1 aliphatic rings. The van der Waals surface area contributed by atoms with Gasteiger partial charge in [0.2, 0.25) is 0 Å². The molecule has 1 atom stereocenters. The van der Waals surface area contributed by atoms with Gasteiger partial charge in [-0.05, 0) is 18.1 Å². The van der Waals surface area contributed by atoms with E-state index < -0.39 is 4.32 Å². The molecule has 0 N–H and O–H groups in total. The van der Waals surface area contributed by atoms with Crippen molar-refractivity contribution >= 4 is 27.7 Å². The van der Waals surface area contributed by atoms with E-state index in [9.17, 15) is 0 Å². The Morgan fingerprint density at radius 1 is 1.46 bits per heavy atom. The minimum atomic E-state index is -0.450. The number of thioether (sulfide) groups is 1. The van der Waals surface area contributed by atoms with Crippen LogP contribution < -0.4 is 0 Å². The van der Waals surface area contributed by atoms with Crippen molar-refractivity contribution in [3.05, 3.63) is 29.8 Å². The molecule has 0 saturated heterocycles. The highest BCUT2D eigenvalue weighted by molar-refractivity contribution is 9.09. The third-order valence-corrected chi connectivity index (χ3v) is 4.27. The molecule has 0 fully saturated rings. The van der Waals surface area contributed by atoms with Gasteiger partial charge in [-0.15, -0.1) is 11.8 Å². The molecule has 1 heterocycles. The van der Waals surface area contributed by atoms with Crippen molar-refractivity contribution in [2.24, 2.45) is 0 Å². The predicted molar refractivity (Wildman–Crippen MR) is 58.0 cm³/mol. The minimum Gasteiger partial charge on any atom is -0.196 e. The molecule has 0 spiro atoms. The quantitative estimate of drug-likeness (QED) is 0.663. The van der Waals surface area contributed by atoms with E-state index >= 15 is 0 Å². The van der Waals surface area contributed by atoms with Crippen LogP contribution in [0.3, 0.4) is 0 Å². The highest BCUT2D eigenvalue weighted by atomic mass is 79.9. The number of nitrogens with zero attached hydrogens (tertiary/aromatic N) is 1. The number of fused-ring (bicyclic) bond motifs is 1. The summed E-state index contributed by atoms with van der Waals surface area (Å²) in [7, 11) is 0. The maximum Gasteiger partial charge on any atom is 0.139 e. The number of alkyl halides is 1. The molecule has 13 heavy (non-hydrogen) atoms. The van der Waals surface area contributed by atoms with Gasteiger partial charge >= 0.3 is 0 Å². The van der Waals surface area contributed by atoms with E-state index in [2.05, 4.69) is 28.1 Å². The van der Waals surface area contributed by atoms with Gasteiger partial charge < -0.3 is 0 Å². The number of nitriles is 1. The zero-order valence-corrected chi connectivity index (χ0v) is 9.36. The molecule has 0 radical (unpaired) electrons. The Balaban J connectivity index is 2.56. The largest absolute Gasteiger partial charge is 0.196 e. The Hall–Kier alpha value is -0.460. The van der Waals surface area contributed by atoms with Crippen LogP contribution in [-0.2, 0) is 4.32 Å². The van der Waals surface area contributed by atoms with Crippen LogP contribution in [0, 0.1) is 11.3 Å². The van der Waals surface area contributed by atoms with Crippen LogP contribution in [0.15, 0.2) is 29.2 Å². The molecule has 3 heteroatoms. The Morgan fingerprint density at radius 2 is 2.23 bits per heavy atom. The second-order valence-electron chi connectivity index (χ2n) is 3.01. The first-order valence-electron chi connectivity index (χ1n) is 4.09. The first kappa shape index (κ1) is 9.11. The average molecular weight is 254 g/mol. The number of benzene rings is 1. The number of hydrogen-bond acceptors (Lipinski definition) is 2. The van der Waals surface area contributed by atoms with Crippen molar-refractivity contribution in [2.75, 3.05) is 5.75 Å². The predicted octanol–water partition coefficient (Wildman–Crippen LogP) is 3.30. The number of hydrogen-bond donors (Lipinski definition) is 0. The van der Waals surface area contributed by atoms with Crippen molar-refractivity contribution in [1.82, 2.24) is 0 Å². The maximum absolute atomic E-state index is 9.09. The van der Waals surface area contributed by atoms with Crippen molar-refractivity contribution < 1.29 is 0 Å². The molecule has 1 nitrogen and oxygen atoms in total. The molecule has 0 bridgehead atoms. The van der Waals surface area contributed by atoms with E-state index in [1.54, 1.807) is 0 Å². The van der Waals surface area contributed by atoms with Crippen LogP contribution in [0.1, 0.15) is 12.0 Å². The van der Waals surface area contributed by atoms with Crippen LogP contribution in [0.2, 0.25) is 0 Å². The molecule has 66 valence electrons. The SMILES string of the molecule is N#CC1(Br)CCSc2ccccc21. The van der Waals surface area contributed by atoms with Gasteiger partial charge in [0.1, 0.15) is 4.32 Å². The smallest absolute Gasteiger partial charge is 0.139 e. The molecule has 0 saturated carbocycles. The summed E-state index contributed by atoms with van der Waals surface area (Å²) < 4.78 is -0.450. The Labute approximate surface area is 90.3 Å². The highest BCUT2D eigenvalue weighted by Crippen LogP contribution is 2.45. The normalized spacial score (nSPS) is 26.2. The van der Waals surface area contributed by atoms with Crippen LogP contribution in [0.5, 0.6) is 0 Å². The van der Waals surface area contributed by atoms with E-state index in [1.165, 1.54) is 4.90 Å². The minimum absolute atomic E-state index is 0.450. The first-order valence-corrected chi connectivity index (χ1v) is 5.86. The molecule has 2 rings (SSSR count). The summed E-state index contributed by atoms with van der Waals surface area (Å²) in [6.07, 6.45) is 0.880. The third-order valence-electron chi connectivity index (χ3n) is 2.20. The highest BCUT2D eigenvalue weighted by Gasteiger charge is 2.33. The molecule has 0 aromatic heterocycles.